The number of rotatable bonds is 2. The lowest BCUT2D eigenvalue weighted by atomic mass is 10.2. The van der Waals surface area contributed by atoms with Gasteiger partial charge in [0.15, 0.2) is 10.9 Å². The first kappa shape index (κ1) is 14.1. The number of likely N-dealkylation sites (N-methyl/N-ethyl adjacent to an activating group) is 1. The van der Waals surface area contributed by atoms with E-state index in [0.29, 0.717) is 10.9 Å². The van der Waals surface area contributed by atoms with Gasteiger partial charge >= 0.3 is 6.03 Å². The molecular formula is C14H18N4O2S. The monoisotopic (exact) mass is 306 g/mol. The summed E-state index contributed by atoms with van der Waals surface area (Å²) in [6, 6.07) is 3.78. The van der Waals surface area contributed by atoms with Crippen molar-refractivity contribution in [1.29, 1.82) is 0 Å². The van der Waals surface area contributed by atoms with Crippen molar-refractivity contribution in [2.24, 2.45) is 0 Å². The molecule has 0 aromatic carbocycles. The second-order valence-corrected chi connectivity index (χ2v) is 6.11. The van der Waals surface area contributed by atoms with Crippen LogP contribution < -0.4 is 5.32 Å². The second kappa shape index (κ2) is 5.87. The van der Waals surface area contributed by atoms with E-state index >= 15 is 0 Å². The quantitative estimate of drug-likeness (QED) is 0.926. The highest BCUT2D eigenvalue weighted by molar-refractivity contribution is 7.14. The number of urea groups is 1. The number of piperazine rings is 1. The van der Waals surface area contributed by atoms with E-state index < -0.39 is 0 Å². The third kappa shape index (κ3) is 3.08. The van der Waals surface area contributed by atoms with E-state index in [-0.39, 0.29) is 12.1 Å². The van der Waals surface area contributed by atoms with Crippen LogP contribution in [0, 0.1) is 0 Å². The van der Waals surface area contributed by atoms with Gasteiger partial charge in [-0.3, -0.25) is 5.32 Å². The van der Waals surface area contributed by atoms with E-state index in [1.165, 1.54) is 11.3 Å². The Bertz CT molecular complexity index is 610. The van der Waals surface area contributed by atoms with Crippen LogP contribution >= 0.6 is 11.3 Å². The molecule has 1 aliphatic rings. The second-order valence-electron chi connectivity index (χ2n) is 5.25. The van der Waals surface area contributed by atoms with Crippen molar-refractivity contribution in [3.8, 4) is 11.5 Å². The van der Waals surface area contributed by atoms with Crippen molar-refractivity contribution in [2.75, 3.05) is 32.0 Å². The maximum absolute atomic E-state index is 12.3. The predicted octanol–water partition coefficient (Wildman–Crippen LogP) is 2.57. The number of carbonyl (C=O) groups is 1. The lowest BCUT2D eigenvalue weighted by Crippen LogP contribution is -2.53. The molecule has 2 aromatic heterocycles. The minimum atomic E-state index is -0.0871. The normalized spacial score (nSPS) is 19.7. The van der Waals surface area contributed by atoms with Gasteiger partial charge in [0.05, 0.1) is 6.26 Å². The highest BCUT2D eigenvalue weighted by Gasteiger charge is 2.26. The van der Waals surface area contributed by atoms with Gasteiger partial charge in [0, 0.05) is 31.1 Å². The Hall–Kier alpha value is -1.86. The first-order chi connectivity index (χ1) is 10.1. The Balaban J connectivity index is 1.65. The summed E-state index contributed by atoms with van der Waals surface area (Å²) in [5.74, 6) is 0.708. The topological polar surface area (TPSA) is 61.6 Å². The summed E-state index contributed by atoms with van der Waals surface area (Å²) in [4.78, 5) is 20.8. The average Bonchev–Trinajstić information content (AvgIpc) is 3.08. The smallest absolute Gasteiger partial charge is 0.323 e. The molecule has 21 heavy (non-hydrogen) atoms. The van der Waals surface area contributed by atoms with Gasteiger partial charge in [0.25, 0.3) is 0 Å². The summed E-state index contributed by atoms with van der Waals surface area (Å²) >= 11 is 1.40. The fraction of sp³-hybridized carbons (Fsp3) is 0.429. The Kier molecular flexibility index (Phi) is 3.94. The molecule has 0 unspecified atom stereocenters. The predicted molar refractivity (Wildman–Crippen MR) is 82.5 cm³/mol. The molecule has 1 atom stereocenters. The molecule has 6 nitrogen and oxygen atoms in total. The van der Waals surface area contributed by atoms with E-state index in [2.05, 4.69) is 29.2 Å². The largest absolute Gasteiger partial charge is 0.463 e. The third-order valence-electron chi connectivity index (χ3n) is 3.58. The number of aromatic nitrogens is 1. The van der Waals surface area contributed by atoms with Crippen LogP contribution in [0.3, 0.4) is 0 Å². The summed E-state index contributed by atoms with van der Waals surface area (Å²) in [5.41, 5.74) is 0.742. The molecule has 3 rings (SSSR count). The van der Waals surface area contributed by atoms with Crippen LogP contribution in [0.5, 0.6) is 0 Å². The summed E-state index contributed by atoms with van der Waals surface area (Å²) in [5, 5.41) is 5.35. The molecule has 7 heteroatoms. The number of nitrogens with one attached hydrogen (secondary N) is 1. The molecule has 1 aliphatic heterocycles. The number of furan rings is 1. The fourth-order valence-corrected chi connectivity index (χ4v) is 3.16. The number of hydrogen-bond acceptors (Lipinski definition) is 5. The van der Waals surface area contributed by atoms with Gasteiger partial charge in [-0.15, -0.1) is 11.3 Å². The van der Waals surface area contributed by atoms with Crippen molar-refractivity contribution in [3.05, 3.63) is 23.8 Å². The van der Waals surface area contributed by atoms with Crippen molar-refractivity contribution >= 4 is 22.5 Å². The maximum Gasteiger partial charge on any atom is 0.323 e. The van der Waals surface area contributed by atoms with E-state index in [1.807, 2.05) is 22.4 Å². The molecule has 1 saturated heterocycles. The molecule has 0 saturated carbocycles. The highest BCUT2D eigenvalue weighted by atomic mass is 32.1. The summed E-state index contributed by atoms with van der Waals surface area (Å²) in [7, 11) is 2.07. The molecule has 0 radical (unpaired) electrons. The van der Waals surface area contributed by atoms with Gasteiger partial charge < -0.3 is 14.2 Å². The molecule has 2 amide bonds. The van der Waals surface area contributed by atoms with Crippen molar-refractivity contribution in [3.63, 3.8) is 0 Å². The lowest BCUT2D eigenvalue weighted by molar-refractivity contribution is 0.125. The zero-order valence-corrected chi connectivity index (χ0v) is 12.9. The number of carbonyl (C=O) groups excluding carboxylic acids is 1. The Labute approximate surface area is 127 Å². The SMILES string of the molecule is C[C@@H]1CN(C)CCN1C(=O)Nc1nc(-c2ccco2)cs1. The van der Waals surface area contributed by atoms with Crippen LogP contribution in [-0.4, -0.2) is 53.5 Å². The fourth-order valence-electron chi connectivity index (χ4n) is 2.47. The van der Waals surface area contributed by atoms with Gasteiger partial charge in [-0.25, -0.2) is 9.78 Å². The minimum Gasteiger partial charge on any atom is -0.463 e. The highest BCUT2D eigenvalue weighted by Crippen LogP contribution is 2.25. The van der Waals surface area contributed by atoms with Crippen LogP contribution in [-0.2, 0) is 0 Å². The summed E-state index contributed by atoms with van der Waals surface area (Å²) in [6.07, 6.45) is 1.61. The molecule has 2 aromatic rings. The zero-order valence-electron chi connectivity index (χ0n) is 12.1. The Morgan fingerprint density at radius 3 is 3.10 bits per heavy atom. The molecule has 1 fully saturated rings. The molecular weight excluding hydrogens is 288 g/mol. The van der Waals surface area contributed by atoms with Gasteiger partial charge in [-0.2, -0.15) is 0 Å². The minimum absolute atomic E-state index is 0.0871. The number of hydrogen-bond donors (Lipinski definition) is 1. The van der Waals surface area contributed by atoms with Crippen LogP contribution in [0.15, 0.2) is 28.2 Å². The van der Waals surface area contributed by atoms with Crippen molar-refractivity contribution < 1.29 is 9.21 Å². The van der Waals surface area contributed by atoms with Gasteiger partial charge in [0.2, 0.25) is 0 Å². The summed E-state index contributed by atoms with van der Waals surface area (Å²) in [6.45, 7) is 4.58. The number of amides is 2. The molecule has 0 aliphatic carbocycles. The zero-order chi connectivity index (χ0) is 14.8. The number of nitrogens with zero attached hydrogens (tertiary/aromatic N) is 3. The Morgan fingerprint density at radius 2 is 2.38 bits per heavy atom. The van der Waals surface area contributed by atoms with Gasteiger partial charge in [0.1, 0.15) is 5.69 Å². The number of anilines is 1. The molecule has 3 heterocycles. The van der Waals surface area contributed by atoms with Crippen LogP contribution in [0.2, 0.25) is 0 Å². The van der Waals surface area contributed by atoms with Crippen LogP contribution in [0.1, 0.15) is 6.92 Å². The van der Waals surface area contributed by atoms with Crippen molar-refractivity contribution in [1.82, 2.24) is 14.8 Å². The van der Waals surface area contributed by atoms with Crippen LogP contribution in [0.4, 0.5) is 9.93 Å². The molecule has 1 N–H and O–H groups in total. The molecule has 112 valence electrons. The van der Waals surface area contributed by atoms with E-state index in [4.69, 9.17) is 4.42 Å². The standard InChI is InChI=1S/C14H18N4O2S/c1-10-8-17(2)5-6-18(10)14(19)16-13-15-11(9-21-13)12-4-3-7-20-12/h3-4,7,9-10H,5-6,8H2,1-2H3,(H,15,16,19)/t10-/m1/s1. The Morgan fingerprint density at radius 1 is 1.52 bits per heavy atom. The third-order valence-corrected chi connectivity index (χ3v) is 4.34. The lowest BCUT2D eigenvalue weighted by Gasteiger charge is -2.37. The van der Waals surface area contributed by atoms with E-state index in [0.717, 1.165) is 25.3 Å². The molecule has 0 spiro atoms. The average molecular weight is 306 g/mol. The first-order valence-electron chi connectivity index (χ1n) is 6.89. The van der Waals surface area contributed by atoms with Gasteiger partial charge in [-0.05, 0) is 26.1 Å². The number of thiazole rings is 1. The van der Waals surface area contributed by atoms with Gasteiger partial charge in [-0.1, -0.05) is 0 Å². The molecule has 0 bridgehead atoms. The summed E-state index contributed by atoms with van der Waals surface area (Å²) < 4.78 is 5.30. The van der Waals surface area contributed by atoms with E-state index in [9.17, 15) is 4.79 Å². The maximum atomic E-state index is 12.3. The first-order valence-corrected chi connectivity index (χ1v) is 7.77. The van der Waals surface area contributed by atoms with Crippen LogP contribution in [0.25, 0.3) is 11.5 Å². The van der Waals surface area contributed by atoms with E-state index in [1.54, 1.807) is 6.26 Å². The van der Waals surface area contributed by atoms with Crippen molar-refractivity contribution in [2.45, 2.75) is 13.0 Å².